The zero-order chi connectivity index (χ0) is 18.8. The number of amides is 2. The molecule has 1 aromatic rings. The van der Waals surface area contributed by atoms with Crippen LogP contribution in [0.2, 0.25) is 0 Å². The molecule has 2 N–H and O–H groups in total. The van der Waals surface area contributed by atoms with Gasteiger partial charge in [0.15, 0.2) is 0 Å². The summed E-state index contributed by atoms with van der Waals surface area (Å²) < 4.78 is 0. The Morgan fingerprint density at radius 2 is 2.00 bits per heavy atom. The first-order valence-corrected chi connectivity index (χ1v) is 7.93. The second-order valence-corrected chi connectivity index (χ2v) is 5.63. The molecule has 0 aliphatic heterocycles. The summed E-state index contributed by atoms with van der Waals surface area (Å²) in [6.07, 6.45) is 3.19. The second kappa shape index (κ2) is 10.1. The molecule has 0 aliphatic carbocycles. The minimum Gasteiger partial charge on any atom is -0.465 e. The highest BCUT2D eigenvalue weighted by Crippen LogP contribution is 2.21. The molecule has 136 valence electrons. The number of benzene rings is 1. The average Bonchev–Trinajstić information content (AvgIpc) is 2.58. The van der Waals surface area contributed by atoms with E-state index in [2.05, 4.69) is 11.9 Å². The third-order valence-electron chi connectivity index (χ3n) is 3.79. The second-order valence-electron chi connectivity index (χ2n) is 5.63. The molecular formula is C17H23N3O5. The van der Waals surface area contributed by atoms with Gasteiger partial charge in [-0.2, -0.15) is 0 Å². The predicted molar refractivity (Wildman–Crippen MR) is 93.5 cm³/mol. The van der Waals surface area contributed by atoms with E-state index in [-0.39, 0.29) is 18.1 Å². The number of nitro benzene ring substituents is 1. The van der Waals surface area contributed by atoms with Crippen molar-refractivity contribution in [2.45, 2.75) is 25.2 Å². The van der Waals surface area contributed by atoms with Crippen LogP contribution in [0.1, 0.15) is 30.7 Å². The maximum Gasteiger partial charge on any atom is 0.404 e. The number of hydrogen-bond acceptors (Lipinski definition) is 4. The number of nitrogens with zero attached hydrogens (tertiary/aromatic N) is 2. The highest BCUT2D eigenvalue weighted by Gasteiger charge is 2.25. The van der Waals surface area contributed by atoms with Crippen molar-refractivity contribution in [2.24, 2.45) is 0 Å². The summed E-state index contributed by atoms with van der Waals surface area (Å²) in [4.78, 5) is 35.2. The Morgan fingerprint density at radius 3 is 2.52 bits per heavy atom. The standard InChI is InChI=1S/C17H23N3O5/c1-3-4-5-6-11-19(2)16(21)15(12-18-17(22)23)13-7-9-14(10-8-13)20(24)25/h3,7-10,15,18H,1,4-6,11-12H2,2H3,(H,22,23)/t15-/m0/s1. The number of likely N-dealkylation sites (N-methyl/N-ethyl adjacent to an activating group) is 1. The maximum atomic E-state index is 12.7. The minimum absolute atomic E-state index is 0.0843. The number of unbranched alkanes of at least 4 members (excludes halogenated alkanes) is 2. The molecule has 25 heavy (non-hydrogen) atoms. The van der Waals surface area contributed by atoms with Gasteiger partial charge in [0, 0.05) is 32.3 Å². The van der Waals surface area contributed by atoms with E-state index in [1.54, 1.807) is 11.9 Å². The first kappa shape index (κ1) is 20.1. The van der Waals surface area contributed by atoms with Crippen molar-refractivity contribution in [3.63, 3.8) is 0 Å². The lowest BCUT2D eigenvalue weighted by molar-refractivity contribution is -0.384. The van der Waals surface area contributed by atoms with Crippen LogP contribution in [-0.2, 0) is 4.79 Å². The van der Waals surface area contributed by atoms with E-state index >= 15 is 0 Å². The van der Waals surface area contributed by atoms with Gasteiger partial charge < -0.3 is 15.3 Å². The first-order chi connectivity index (χ1) is 11.9. The van der Waals surface area contributed by atoms with Crippen LogP contribution in [0.3, 0.4) is 0 Å². The SMILES string of the molecule is C=CCCCCN(C)C(=O)[C@@H](CNC(=O)O)c1ccc([N+](=O)[O-])cc1. The number of allylic oxidation sites excluding steroid dienone is 1. The largest absolute Gasteiger partial charge is 0.465 e. The molecular weight excluding hydrogens is 326 g/mol. The van der Waals surface area contributed by atoms with Crippen molar-refractivity contribution in [2.75, 3.05) is 20.1 Å². The zero-order valence-electron chi connectivity index (χ0n) is 14.2. The minimum atomic E-state index is -1.23. The monoisotopic (exact) mass is 349 g/mol. The number of rotatable bonds is 10. The molecule has 0 heterocycles. The third-order valence-corrected chi connectivity index (χ3v) is 3.79. The van der Waals surface area contributed by atoms with E-state index in [0.29, 0.717) is 12.1 Å². The molecule has 0 aromatic heterocycles. The molecule has 8 nitrogen and oxygen atoms in total. The van der Waals surface area contributed by atoms with Crippen LogP contribution in [0.15, 0.2) is 36.9 Å². The lowest BCUT2D eigenvalue weighted by Crippen LogP contribution is -2.38. The maximum absolute atomic E-state index is 12.7. The molecule has 0 fully saturated rings. The Morgan fingerprint density at radius 1 is 1.36 bits per heavy atom. The van der Waals surface area contributed by atoms with Gasteiger partial charge in [-0.15, -0.1) is 6.58 Å². The predicted octanol–water partition coefficient (Wildman–Crippen LogP) is 2.76. The van der Waals surface area contributed by atoms with Gasteiger partial charge in [-0.1, -0.05) is 18.2 Å². The van der Waals surface area contributed by atoms with Gasteiger partial charge in [-0.05, 0) is 24.8 Å². The third kappa shape index (κ3) is 6.62. The van der Waals surface area contributed by atoms with Crippen LogP contribution in [-0.4, -0.2) is 47.1 Å². The molecule has 2 amide bonds. The number of non-ortho nitro benzene ring substituents is 1. The Bertz CT molecular complexity index is 615. The van der Waals surface area contributed by atoms with Crippen molar-refractivity contribution in [1.29, 1.82) is 0 Å². The number of nitro groups is 1. The van der Waals surface area contributed by atoms with Gasteiger partial charge in [0.25, 0.3) is 5.69 Å². The van der Waals surface area contributed by atoms with Crippen LogP contribution in [0.5, 0.6) is 0 Å². The van der Waals surface area contributed by atoms with Crippen molar-refractivity contribution < 1.29 is 19.6 Å². The van der Waals surface area contributed by atoms with E-state index in [1.807, 2.05) is 6.08 Å². The Balaban J connectivity index is 2.86. The van der Waals surface area contributed by atoms with Gasteiger partial charge in [0.2, 0.25) is 5.91 Å². The average molecular weight is 349 g/mol. The molecule has 0 saturated carbocycles. The quantitative estimate of drug-likeness (QED) is 0.292. The van der Waals surface area contributed by atoms with Crippen LogP contribution in [0.4, 0.5) is 10.5 Å². The number of carboxylic acid groups (broad SMARTS) is 1. The molecule has 0 aliphatic rings. The van der Waals surface area contributed by atoms with E-state index < -0.39 is 16.9 Å². The summed E-state index contributed by atoms with van der Waals surface area (Å²) >= 11 is 0. The molecule has 1 atom stereocenters. The topological polar surface area (TPSA) is 113 Å². The number of hydrogen-bond donors (Lipinski definition) is 2. The molecule has 8 heteroatoms. The summed E-state index contributed by atoms with van der Waals surface area (Å²) in [7, 11) is 1.66. The van der Waals surface area contributed by atoms with E-state index in [1.165, 1.54) is 24.3 Å². The highest BCUT2D eigenvalue weighted by molar-refractivity contribution is 5.84. The van der Waals surface area contributed by atoms with Crippen molar-refractivity contribution >= 4 is 17.7 Å². The Kier molecular flexibility index (Phi) is 8.11. The zero-order valence-corrected chi connectivity index (χ0v) is 14.2. The Hall–Kier alpha value is -2.90. The summed E-state index contributed by atoms with van der Waals surface area (Å²) in [6.45, 7) is 4.10. The number of nitrogens with one attached hydrogen (secondary N) is 1. The normalized spacial score (nSPS) is 11.4. The summed E-state index contributed by atoms with van der Waals surface area (Å²) in [5.41, 5.74) is 0.446. The molecule has 0 saturated heterocycles. The lowest BCUT2D eigenvalue weighted by atomic mass is 9.97. The van der Waals surface area contributed by atoms with Crippen LogP contribution in [0.25, 0.3) is 0 Å². The molecule has 1 rings (SSSR count). The van der Waals surface area contributed by atoms with Crippen molar-refractivity contribution in [3.05, 3.63) is 52.6 Å². The van der Waals surface area contributed by atoms with Crippen molar-refractivity contribution in [1.82, 2.24) is 10.2 Å². The van der Waals surface area contributed by atoms with Gasteiger partial charge in [0.05, 0.1) is 10.8 Å². The number of carbonyl (C=O) groups excluding carboxylic acids is 1. The molecule has 0 radical (unpaired) electrons. The van der Waals surface area contributed by atoms with Crippen LogP contribution in [0, 0.1) is 10.1 Å². The van der Waals surface area contributed by atoms with Gasteiger partial charge in [-0.3, -0.25) is 14.9 Å². The summed E-state index contributed by atoms with van der Waals surface area (Å²) in [5, 5.41) is 21.8. The van der Waals surface area contributed by atoms with Crippen LogP contribution < -0.4 is 5.32 Å². The van der Waals surface area contributed by atoms with Crippen molar-refractivity contribution in [3.8, 4) is 0 Å². The van der Waals surface area contributed by atoms with E-state index in [0.717, 1.165) is 19.3 Å². The Labute approximate surface area is 146 Å². The summed E-state index contributed by atoms with van der Waals surface area (Å²) in [6, 6.07) is 5.58. The van der Waals surface area contributed by atoms with Gasteiger partial charge in [0.1, 0.15) is 0 Å². The smallest absolute Gasteiger partial charge is 0.404 e. The lowest BCUT2D eigenvalue weighted by Gasteiger charge is -2.24. The fraction of sp³-hybridized carbons (Fsp3) is 0.412. The first-order valence-electron chi connectivity index (χ1n) is 7.93. The number of carbonyl (C=O) groups is 2. The highest BCUT2D eigenvalue weighted by atomic mass is 16.6. The molecule has 0 bridgehead atoms. The molecule has 0 unspecified atom stereocenters. The fourth-order valence-electron chi connectivity index (χ4n) is 2.38. The van der Waals surface area contributed by atoms with Gasteiger partial charge in [-0.25, -0.2) is 4.79 Å². The molecule has 0 spiro atoms. The van der Waals surface area contributed by atoms with E-state index in [9.17, 15) is 19.7 Å². The van der Waals surface area contributed by atoms with Crippen LogP contribution >= 0.6 is 0 Å². The molecule has 1 aromatic carbocycles. The fourth-order valence-corrected chi connectivity index (χ4v) is 2.38. The summed E-state index contributed by atoms with van der Waals surface area (Å²) in [5.74, 6) is -0.970. The van der Waals surface area contributed by atoms with Gasteiger partial charge >= 0.3 is 6.09 Å². The van der Waals surface area contributed by atoms with E-state index in [4.69, 9.17) is 5.11 Å².